The van der Waals surface area contributed by atoms with Gasteiger partial charge in [0.15, 0.2) is 8.32 Å². The zero-order valence-corrected chi connectivity index (χ0v) is 38.7. The number of fused-ring (bicyclic) bond motifs is 1. The molecule has 2 heterocycles. The van der Waals surface area contributed by atoms with Gasteiger partial charge >= 0.3 is 6.09 Å². The van der Waals surface area contributed by atoms with E-state index in [-0.39, 0.29) is 24.0 Å². The van der Waals surface area contributed by atoms with Crippen LogP contribution in [0.25, 0.3) is 20.5 Å². The predicted octanol–water partition coefficient (Wildman–Crippen LogP) is 11.6. The molecule has 6 rings (SSSR count). The molecule has 4 aromatic carbocycles. The Hall–Kier alpha value is -4.68. The Morgan fingerprint density at radius 1 is 0.867 bits per heavy atom. The second-order valence-corrected chi connectivity index (χ2v) is 24.3. The van der Waals surface area contributed by atoms with Gasteiger partial charge in [-0.3, -0.25) is 9.69 Å². The van der Waals surface area contributed by atoms with Crippen LogP contribution < -0.4 is 20.1 Å². The number of hydrogen-bond donors (Lipinski definition) is 2. The van der Waals surface area contributed by atoms with Gasteiger partial charge in [0.05, 0.1) is 19.8 Å². The van der Waals surface area contributed by atoms with Crippen LogP contribution in [-0.4, -0.2) is 63.7 Å². The van der Waals surface area contributed by atoms with E-state index in [1.807, 2.05) is 51.1 Å². The number of ether oxygens (including phenoxy) is 3. The molecule has 0 saturated carbocycles. The molecule has 1 aliphatic heterocycles. The number of carbonyl (C=O) groups excluding carboxylic acids is 2. The number of carbonyl (C=O) groups is 2. The highest BCUT2D eigenvalue weighted by atomic mass is 32.1. The highest BCUT2D eigenvalue weighted by Crippen LogP contribution is 2.42. The van der Waals surface area contributed by atoms with E-state index in [1.54, 1.807) is 18.4 Å². The van der Waals surface area contributed by atoms with Crippen LogP contribution in [0.1, 0.15) is 83.1 Å². The summed E-state index contributed by atoms with van der Waals surface area (Å²) in [4.78, 5) is 30.0. The van der Waals surface area contributed by atoms with Gasteiger partial charge in [-0.1, -0.05) is 75.4 Å². The lowest BCUT2D eigenvalue weighted by atomic mass is 9.97. The van der Waals surface area contributed by atoms with Crippen molar-refractivity contribution >= 4 is 47.4 Å². The minimum atomic E-state index is -2.15. The van der Waals surface area contributed by atoms with Crippen molar-refractivity contribution in [2.45, 2.75) is 110 Å². The molecule has 1 atom stereocenters. The van der Waals surface area contributed by atoms with E-state index in [2.05, 4.69) is 110 Å². The third-order valence-corrected chi connectivity index (χ3v) is 17.1. The van der Waals surface area contributed by atoms with Crippen molar-refractivity contribution in [1.82, 2.24) is 10.2 Å². The number of thiophene rings is 1. The summed E-state index contributed by atoms with van der Waals surface area (Å²) in [6.07, 6.45) is 2.68. The number of hydrogen-bond acceptors (Lipinski definition) is 8. The lowest BCUT2D eigenvalue weighted by Crippen LogP contribution is -2.48. The van der Waals surface area contributed by atoms with E-state index in [0.717, 1.165) is 58.3 Å². The Bertz CT molecular complexity index is 2220. The normalized spacial score (nSPS) is 14.2. The van der Waals surface area contributed by atoms with Gasteiger partial charge in [0.2, 0.25) is 5.91 Å². The van der Waals surface area contributed by atoms with Crippen LogP contribution in [0.4, 0.5) is 10.5 Å². The number of likely N-dealkylation sites (tertiary alicyclic amines) is 1. The Morgan fingerprint density at radius 3 is 2.25 bits per heavy atom. The third-order valence-electron chi connectivity index (χ3n) is 11.4. The Kier molecular flexibility index (Phi) is 14.5. The SMILES string of the molecule is COc1cc(Cc2c(-c3ccc(NC(=O)CC(CO[Si](C)(C)C(C)(C)C)NC(=O)OC(C)(C)C)cc3)sc3cc(OCc4ccccc4)ccc23)ccc1CN1CCCC1. The molecule has 9 nitrogen and oxygen atoms in total. The molecule has 320 valence electrons. The first-order valence-corrected chi connectivity index (χ1v) is 24.8. The summed E-state index contributed by atoms with van der Waals surface area (Å²) in [6, 6.07) is 30.7. The monoisotopic (exact) mass is 849 g/mol. The lowest BCUT2D eigenvalue weighted by Gasteiger charge is -2.37. The molecule has 60 heavy (non-hydrogen) atoms. The van der Waals surface area contributed by atoms with E-state index >= 15 is 0 Å². The average molecular weight is 850 g/mol. The maximum atomic E-state index is 13.5. The van der Waals surface area contributed by atoms with Crippen LogP contribution in [-0.2, 0) is 33.5 Å². The van der Waals surface area contributed by atoms with Gasteiger partial charge in [0, 0.05) is 33.8 Å². The van der Waals surface area contributed by atoms with Crippen molar-refractivity contribution in [3.05, 3.63) is 113 Å². The van der Waals surface area contributed by atoms with E-state index in [1.165, 1.54) is 34.9 Å². The van der Waals surface area contributed by atoms with E-state index in [4.69, 9.17) is 18.6 Å². The Morgan fingerprint density at radius 2 is 1.58 bits per heavy atom. The van der Waals surface area contributed by atoms with Gasteiger partial charge in [0.25, 0.3) is 0 Å². The van der Waals surface area contributed by atoms with Gasteiger partial charge in [-0.05, 0) is 135 Å². The fourth-order valence-corrected chi connectivity index (χ4v) is 9.38. The predicted molar refractivity (Wildman–Crippen MR) is 248 cm³/mol. The number of benzene rings is 4. The van der Waals surface area contributed by atoms with Gasteiger partial charge in [0.1, 0.15) is 23.7 Å². The fraction of sp³-hybridized carbons (Fsp3) is 0.429. The molecule has 1 aliphatic rings. The van der Waals surface area contributed by atoms with E-state index < -0.39 is 26.1 Å². The number of anilines is 1. The Labute approximate surface area is 361 Å². The molecule has 2 amide bonds. The zero-order valence-electron chi connectivity index (χ0n) is 36.9. The summed E-state index contributed by atoms with van der Waals surface area (Å²) in [7, 11) is -0.386. The molecule has 0 bridgehead atoms. The number of methoxy groups -OCH3 is 1. The molecule has 11 heteroatoms. The van der Waals surface area contributed by atoms with Crippen molar-refractivity contribution < 1.29 is 28.2 Å². The summed E-state index contributed by atoms with van der Waals surface area (Å²) in [5, 5.41) is 7.10. The standard InChI is InChI=1S/C49H63N3O6SSi/c1-48(2,3)58-47(54)51-39(33-57-60(8,9)49(4,5)6)29-45(53)50-38-21-19-36(20-22-38)46-42(27-35-17-18-37(43(28-35)55-7)31-52-25-13-14-26-52)41-24-23-40(30-44(41)59-46)56-32-34-15-11-10-12-16-34/h10-12,15-24,28,30,39H,13-14,25-27,29,31-33H2,1-9H3,(H,50,53)(H,51,54). The van der Waals surface area contributed by atoms with Crippen LogP contribution >= 0.6 is 11.3 Å². The van der Waals surface area contributed by atoms with Crippen LogP contribution in [0.15, 0.2) is 91.0 Å². The van der Waals surface area contributed by atoms with Crippen LogP contribution in [0.5, 0.6) is 11.5 Å². The van der Waals surface area contributed by atoms with E-state index in [9.17, 15) is 9.59 Å². The maximum absolute atomic E-state index is 13.5. The van der Waals surface area contributed by atoms with Crippen LogP contribution in [0.2, 0.25) is 18.1 Å². The first kappa shape index (κ1) is 44.9. The number of alkyl carbamates (subject to hydrolysis) is 1. The van der Waals surface area contributed by atoms with Gasteiger partial charge in [-0.25, -0.2) is 4.79 Å². The molecule has 1 unspecified atom stereocenters. The lowest BCUT2D eigenvalue weighted by molar-refractivity contribution is -0.116. The molecular weight excluding hydrogens is 787 g/mol. The second-order valence-electron chi connectivity index (χ2n) is 18.4. The molecule has 0 radical (unpaired) electrons. The Balaban J connectivity index is 1.23. The smallest absolute Gasteiger partial charge is 0.407 e. The van der Waals surface area contributed by atoms with Crippen molar-refractivity contribution in [1.29, 1.82) is 0 Å². The van der Waals surface area contributed by atoms with Crippen molar-refractivity contribution in [2.75, 3.05) is 32.1 Å². The van der Waals surface area contributed by atoms with Crippen molar-refractivity contribution in [3.8, 4) is 21.9 Å². The largest absolute Gasteiger partial charge is 0.496 e. The minimum absolute atomic E-state index is 0.0231. The topological polar surface area (TPSA) is 98.4 Å². The molecular formula is C49H63N3O6SSi. The number of amides is 2. The van der Waals surface area contributed by atoms with Gasteiger partial charge in [-0.15, -0.1) is 11.3 Å². The molecule has 1 saturated heterocycles. The first-order chi connectivity index (χ1) is 28.5. The molecule has 2 N–H and O–H groups in total. The van der Waals surface area contributed by atoms with Crippen molar-refractivity contribution in [2.24, 2.45) is 0 Å². The zero-order chi connectivity index (χ0) is 43.1. The molecule has 0 spiro atoms. The fourth-order valence-electron chi connectivity index (χ4n) is 7.08. The number of nitrogens with one attached hydrogen (secondary N) is 2. The number of nitrogens with zero attached hydrogens (tertiary/aromatic N) is 1. The average Bonchev–Trinajstić information content (AvgIpc) is 3.84. The van der Waals surface area contributed by atoms with Crippen molar-refractivity contribution in [3.63, 3.8) is 0 Å². The first-order valence-electron chi connectivity index (χ1n) is 21.1. The number of rotatable bonds is 16. The summed E-state index contributed by atoms with van der Waals surface area (Å²) in [6.45, 7) is 20.1. The highest BCUT2D eigenvalue weighted by molar-refractivity contribution is 7.22. The van der Waals surface area contributed by atoms with E-state index in [0.29, 0.717) is 12.3 Å². The molecule has 5 aromatic rings. The van der Waals surface area contributed by atoms with Crippen LogP contribution in [0.3, 0.4) is 0 Å². The summed E-state index contributed by atoms with van der Waals surface area (Å²) in [5.74, 6) is 1.52. The summed E-state index contributed by atoms with van der Waals surface area (Å²) < 4.78 is 25.3. The summed E-state index contributed by atoms with van der Waals surface area (Å²) >= 11 is 1.75. The molecule has 1 aromatic heterocycles. The highest BCUT2D eigenvalue weighted by Gasteiger charge is 2.38. The molecule has 0 aliphatic carbocycles. The van der Waals surface area contributed by atoms with Crippen LogP contribution in [0, 0.1) is 0 Å². The third kappa shape index (κ3) is 12.2. The minimum Gasteiger partial charge on any atom is -0.496 e. The second kappa shape index (κ2) is 19.4. The quantitative estimate of drug-likeness (QED) is 0.0954. The van der Waals surface area contributed by atoms with Gasteiger partial charge < -0.3 is 29.3 Å². The molecule has 1 fully saturated rings. The van der Waals surface area contributed by atoms with Gasteiger partial charge in [-0.2, -0.15) is 0 Å². The maximum Gasteiger partial charge on any atom is 0.407 e. The summed E-state index contributed by atoms with van der Waals surface area (Å²) in [5.41, 5.74) is 5.80.